The van der Waals surface area contributed by atoms with E-state index in [0.717, 1.165) is 24.6 Å². The number of hydrogen-bond donors (Lipinski definition) is 2. The van der Waals surface area contributed by atoms with Crippen LogP contribution < -0.4 is 5.32 Å². The summed E-state index contributed by atoms with van der Waals surface area (Å²) < 4.78 is 0. The summed E-state index contributed by atoms with van der Waals surface area (Å²) in [6, 6.07) is 0.603. The number of H-pyrrole nitrogens is 1. The van der Waals surface area contributed by atoms with Crippen LogP contribution in [0.25, 0.3) is 0 Å². The van der Waals surface area contributed by atoms with E-state index in [1.54, 1.807) is 0 Å². The topological polar surface area (TPSA) is 53.6 Å². The predicted octanol–water partition coefficient (Wildman–Crippen LogP) is 2.21. The largest absolute Gasteiger partial charge is 0.314 e. The summed E-state index contributed by atoms with van der Waals surface area (Å²) >= 11 is 0. The van der Waals surface area contributed by atoms with Gasteiger partial charge >= 0.3 is 0 Å². The molecule has 1 heterocycles. The molecule has 0 bridgehead atoms. The number of aryl methyl sites for hydroxylation is 1. The van der Waals surface area contributed by atoms with Crippen molar-refractivity contribution in [2.24, 2.45) is 0 Å². The van der Waals surface area contributed by atoms with Crippen LogP contribution in [0.15, 0.2) is 0 Å². The Balaban J connectivity index is 2.06. The molecule has 0 aliphatic heterocycles. The normalized spacial score (nSPS) is 12.9. The predicted molar refractivity (Wildman–Crippen MR) is 66.4 cm³/mol. The number of hydrogen-bond acceptors (Lipinski definition) is 3. The Kier molecular flexibility index (Phi) is 6.08. The van der Waals surface area contributed by atoms with Crippen molar-refractivity contribution in [1.82, 2.24) is 20.5 Å². The number of rotatable bonds is 8. The quantitative estimate of drug-likeness (QED) is 0.666. The third-order valence-electron chi connectivity index (χ3n) is 2.73. The van der Waals surface area contributed by atoms with Crippen molar-refractivity contribution in [3.05, 3.63) is 11.6 Å². The molecule has 0 saturated heterocycles. The van der Waals surface area contributed by atoms with Gasteiger partial charge in [-0.05, 0) is 20.3 Å². The van der Waals surface area contributed by atoms with E-state index in [1.807, 2.05) is 6.92 Å². The summed E-state index contributed by atoms with van der Waals surface area (Å²) in [5.41, 5.74) is 0. The summed E-state index contributed by atoms with van der Waals surface area (Å²) in [6.45, 7) is 7.38. The van der Waals surface area contributed by atoms with E-state index >= 15 is 0 Å². The van der Waals surface area contributed by atoms with Crippen LogP contribution in [0, 0.1) is 6.92 Å². The van der Waals surface area contributed by atoms with Crippen molar-refractivity contribution in [3.63, 3.8) is 0 Å². The Morgan fingerprint density at radius 2 is 2.19 bits per heavy atom. The van der Waals surface area contributed by atoms with Gasteiger partial charge in [0.15, 0.2) is 5.82 Å². The third-order valence-corrected chi connectivity index (χ3v) is 2.73. The van der Waals surface area contributed by atoms with Crippen LogP contribution in [0.1, 0.15) is 51.2 Å². The molecule has 1 aromatic rings. The molecule has 0 fully saturated rings. The van der Waals surface area contributed by atoms with Crippen LogP contribution in [-0.2, 0) is 6.42 Å². The molecule has 1 aromatic heterocycles. The fourth-order valence-corrected chi connectivity index (χ4v) is 1.73. The first-order valence-electron chi connectivity index (χ1n) is 6.33. The second-order valence-electron chi connectivity index (χ2n) is 4.44. The van der Waals surface area contributed by atoms with Crippen molar-refractivity contribution in [2.75, 3.05) is 6.54 Å². The second-order valence-corrected chi connectivity index (χ2v) is 4.44. The van der Waals surface area contributed by atoms with E-state index in [1.165, 1.54) is 25.7 Å². The Hall–Kier alpha value is -0.900. The maximum absolute atomic E-state index is 4.28. The molecule has 0 spiro atoms. The first kappa shape index (κ1) is 13.2. The van der Waals surface area contributed by atoms with Crippen LogP contribution in [0.2, 0.25) is 0 Å². The highest BCUT2D eigenvalue weighted by atomic mass is 15.2. The molecule has 0 aromatic carbocycles. The van der Waals surface area contributed by atoms with E-state index in [2.05, 4.69) is 34.3 Å². The lowest BCUT2D eigenvalue weighted by Crippen LogP contribution is -2.28. The summed E-state index contributed by atoms with van der Waals surface area (Å²) in [6.07, 6.45) is 6.13. The summed E-state index contributed by atoms with van der Waals surface area (Å²) in [5.74, 6) is 1.80. The maximum Gasteiger partial charge on any atom is 0.151 e. The number of nitrogens with one attached hydrogen (secondary N) is 2. The zero-order chi connectivity index (χ0) is 11.8. The molecular weight excluding hydrogens is 200 g/mol. The molecule has 92 valence electrons. The van der Waals surface area contributed by atoms with Gasteiger partial charge in [0.2, 0.25) is 0 Å². The molecule has 4 heteroatoms. The number of aromatic nitrogens is 3. The van der Waals surface area contributed by atoms with Crippen molar-refractivity contribution < 1.29 is 0 Å². The van der Waals surface area contributed by atoms with Crippen LogP contribution in [0.4, 0.5) is 0 Å². The lowest BCUT2D eigenvalue weighted by Gasteiger charge is -2.12. The van der Waals surface area contributed by atoms with Gasteiger partial charge in [0.1, 0.15) is 5.82 Å². The van der Waals surface area contributed by atoms with Gasteiger partial charge in [-0.1, -0.05) is 26.2 Å². The van der Waals surface area contributed by atoms with Gasteiger partial charge in [0, 0.05) is 19.0 Å². The Morgan fingerprint density at radius 1 is 1.38 bits per heavy atom. The molecule has 0 aliphatic rings. The van der Waals surface area contributed by atoms with Crippen LogP contribution in [0.5, 0.6) is 0 Å². The third kappa shape index (κ3) is 5.26. The van der Waals surface area contributed by atoms with E-state index in [0.29, 0.717) is 6.04 Å². The SMILES string of the molecule is CCCCCC(C)NCCc1n[nH]c(C)n1. The molecule has 1 rings (SSSR count). The van der Waals surface area contributed by atoms with Gasteiger partial charge in [-0.15, -0.1) is 0 Å². The number of unbranched alkanes of at least 4 members (excludes halogenated alkanes) is 2. The minimum atomic E-state index is 0.603. The first-order valence-corrected chi connectivity index (χ1v) is 6.33. The molecule has 2 N–H and O–H groups in total. The zero-order valence-electron chi connectivity index (χ0n) is 10.7. The van der Waals surface area contributed by atoms with Crippen LogP contribution >= 0.6 is 0 Å². The highest BCUT2D eigenvalue weighted by Gasteiger charge is 2.02. The smallest absolute Gasteiger partial charge is 0.151 e. The van der Waals surface area contributed by atoms with Gasteiger partial charge < -0.3 is 5.32 Å². The molecule has 0 radical (unpaired) electrons. The van der Waals surface area contributed by atoms with Crippen LogP contribution in [-0.4, -0.2) is 27.8 Å². The fourth-order valence-electron chi connectivity index (χ4n) is 1.73. The lowest BCUT2D eigenvalue weighted by molar-refractivity contribution is 0.488. The van der Waals surface area contributed by atoms with Crippen molar-refractivity contribution >= 4 is 0 Å². The Bertz CT molecular complexity index is 282. The van der Waals surface area contributed by atoms with E-state index in [-0.39, 0.29) is 0 Å². The highest BCUT2D eigenvalue weighted by molar-refractivity contribution is 4.88. The van der Waals surface area contributed by atoms with Gasteiger partial charge in [-0.3, -0.25) is 5.10 Å². The van der Waals surface area contributed by atoms with Gasteiger partial charge in [-0.2, -0.15) is 5.10 Å². The van der Waals surface area contributed by atoms with E-state index in [9.17, 15) is 0 Å². The zero-order valence-corrected chi connectivity index (χ0v) is 10.7. The monoisotopic (exact) mass is 224 g/mol. The summed E-state index contributed by atoms with van der Waals surface area (Å²) in [4.78, 5) is 4.28. The molecule has 4 nitrogen and oxygen atoms in total. The van der Waals surface area contributed by atoms with Crippen molar-refractivity contribution in [1.29, 1.82) is 0 Å². The molecular formula is C12H24N4. The molecule has 1 unspecified atom stereocenters. The molecule has 1 atom stereocenters. The molecule has 0 saturated carbocycles. The van der Waals surface area contributed by atoms with Gasteiger partial charge in [0.05, 0.1) is 0 Å². The molecule has 0 amide bonds. The highest BCUT2D eigenvalue weighted by Crippen LogP contribution is 2.02. The standard InChI is InChI=1S/C12H24N4/c1-4-5-6-7-10(2)13-9-8-12-14-11(3)15-16-12/h10,13H,4-9H2,1-3H3,(H,14,15,16). The average molecular weight is 224 g/mol. The molecule has 16 heavy (non-hydrogen) atoms. The van der Waals surface area contributed by atoms with Crippen molar-refractivity contribution in [2.45, 2.75) is 58.9 Å². The fraction of sp³-hybridized carbons (Fsp3) is 0.833. The Labute approximate surface area is 98.2 Å². The minimum Gasteiger partial charge on any atom is -0.314 e. The number of nitrogens with zero attached hydrogens (tertiary/aromatic N) is 2. The lowest BCUT2D eigenvalue weighted by atomic mass is 10.1. The van der Waals surface area contributed by atoms with E-state index < -0.39 is 0 Å². The second kappa shape index (κ2) is 7.39. The van der Waals surface area contributed by atoms with Gasteiger partial charge in [0.25, 0.3) is 0 Å². The average Bonchev–Trinajstić information content (AvgIpc) is 2.65. The molecule has 0 aliphatic carbocycles. The minimum absolute atomic E-state index is 0.603. The van der Waals surface area contributed by atoms with Gasteiger partial charge in [-0.25, -0.2) is 4.98 Å². The summed E-state index contributed by atoms with van der Waals surface area (Å²) in [5, 5.41) is 10.5. The first-order chi connectivity index (χ1) is 7.72. The summed E-state index contributed by atoms with van der Waals surface area (Å²) in [7, 11) is 0. The van der Waals surface area contributed by atoms with Crippen molar-refractivity contribution in [3.8, 4) is 0 Å². The van der Waals surface area contributed by atoms with E-state index in [4.69, 9.17) is 0 Å². The Morgan fingerprint density at radius 3 is 2.81 bits per heavy atom. The number of aromatic amines is 1. The van der Waals surface area contributed by atoms with Crippen LogP contribution in [0.3, 0.4) is 0 Å². The maximum atomic E-state index is 4.28.